The number of benzene rings is 2. The van der Waals surface area contributed by atoms with E-state index in [9.17, 15) is 18.0 Å². The Bertz CT molecular complexity index is 1300. The summed E-state index contributed by atoms with van der Waals surface area (Å²) in [5.41, 5.74) is 2.74. The largest absolute Gasteiger partial charge is 0.487 e. The number of nitrogens with one attached hydrogen (secondary N) is 1. The van der Waals surface area contributed by atoms with Gasteiger partial charge in [0.2, 0.25) is 0 Å². The van der Waals surface area contributed by atoms with Crippen LogP contribution in [0.5, 0.6) is 5.75 Å². The van der Waals surface area contributed by atoms with Gasteiger partial charge < -0.3 is 10.1 Å². The number of rotatable bonds is 7. The first-order chi connectivity index (χ1) is 16.4. The number of nitrogens with zero attached hydrogens (tertiary/aromatic N) is 2. The van der Waals surface area contributed by atoms with Crippen molar-refractivity contribution in [3.8, 4) is 5.75 Å². The second-order valence-corrected chi connectivity index (χ2v) is 7.45. The van der Waals surface area contributed by atoms with Crippen molar-refractivity contribution in [3.63, 3.8) is 0 Å². The standard InChI is InChI=1S/C26H20F3N3O2/c27-26(28,29)17-31-25(33)23(14-18-4-3-13-30-15-18)19-8-11-22(12-9-19)34-16-21-10-7-20-5-1-2-6-24(20)32-21/h1-15H,16-17H2,(H,31,33)/b23-14+. The minimum Gasteiger partial charge on any atom is -0.487 e. The molecule has 0 fully saturated rings. The normalized spacial score (nSPS) is 11.9. The van der Waals surface area contributed by atoms with Gasteiger partial charge in [0.1, 0.15) is 18.9 Å². The molecule has 4 rings (SSSR count). The zero-order chi connectivity index (χ0) is 24.0. The van der Waals surface area contributed by atoms with Gasteiger partial charge in [0.25, 0.3) is 5.91 Å². The van der Waals surface area contributed by atoms with Crippen LogP contribution in [-0.4, -0.2) is 28.6 Å². The van der Waals surface area contributed by atoms with E-state index in [0.29, 0.717) is 16.9 Å². The molecule has 5 nitrogen and oxygen atoms in total. The van der Waals surface area contributed by atoms with Gasteiger partial charge in [0.05, 0.1) is 11.2 Å². The summed E-state index contributed by atoms with van der Waals surface area (Å²) >= 11 is 0. The Kier molecular flexibility index (Phi) is 6.87. The fourth-order valence-electron chi connectivity index (χ4n) is 3.26. The molecule has 0 atom stereocenters. The van der Waals surface area contributed by atoms with Crippen molar-refractivity contribution in [1.29, 1.82) is 0 Å². The Morgan fingerprint density at radius 1 is 0.971 bits per heavy atom. The summed E-state index contributed by atoms with van der Waals surface area (Å²) in [7, 11) is 0. The highest BCUT2D eigenvalue weighted by Gasteiger charge is 2.28. The van der Waals surface area contributed by atoms with Crippen LogP contribution in [-0.2, 0) is 11.4 Å². The maximum atomic E-state index is 12.6. The lowest BCUT2D eigenvalue weighted by Gasteiger charge is -2.12. The molecule has 0 aliphatic rings. The van der Waals surface area contributed by atoms with Gasteiger partial charge in [-0.1, -0.05) is 42.5 Å². The maximum Gasteiger partial charge on any atom is 0.405 e. The molecule has 0 radical (unpaired) electrons. The lowest BCUT2D eigenvalue weighted by Crippen LogP contribution is -2.34. The zero-order valence-corrected chi connectivity index (χ0v) is 17.9. The minimum absolute atomic E-state index is 0.0833. The highest BCUT2D eigenvalue weighted by atomic mass is 19.4. The van der Waals surface area contributed by atoms with Crippen LogP contribution >= 0.6 is 0 Å². The zero-order valence-electron chi connectivity index (χ0n) is 17.9. The van der Waals surface area contributed by atoms with E-state index in [-0.39, 0.29) is 12.2 Å². The Labute approximate surface area is 193 Å². The minimum atomic E-state index is -4.51. The predicted molar refractivity (Wildman–Crippen MR) is 124 cm³/mol. The third-order valence-corrected chi connectivity index (χ3v) is 4.90. The average molecular weight is 463 g/mol. The lowest BCUT2D eigenvalue weighted by atomic mass is 10.0. The van der Waals surface area contributed by atoms with Gasteiger partial charge >= 0.3 is 6.18 Å². The molecule has 2 aromatic heterocycles. The van der Waals surface area contributed by atoms with Crippen LogP contribution in [0, 0.1) is 0 Å². The third-order valence-electron chi connectivity index (χ3n) is 4.90. The summed E-state index contributed by atoms with van der Waals surface area (Å²) in [4.78, 5) is 21.1. The van der Waals surface area contributed by atoms with Gasteiger partial charge in [-0.2, -0.15) is 13.2 Å². The van der Waals surface area contributed by atoms with Gasteiger partial charge in [-0.25, -0.2) is 4.98 Å². The highest BCUT2D eigenvalue weighted by molar-refractivity contribution is 6.24. The van der Waals surface area contributed by atoms with Gasteiger partial charge in [-0.3, -0.25) is 9.78 Å². The van der Waals surface area contributed by atoms with Crippen molar-refractivity contribution in [1.82, 2.24) is 15.3 Å². The molecule has 0 aliphatic heterocycles. The number of hydrogen-bond acceptors (Lipinski definition) is 4. The number of para-hydroxylation sites is 1. The Morgan fingerprint density at radius 3 is 2.50 bits per heavy atom. The van der Waals surface area contributed by atoms with Gasteiger partial charge in [0.15, 0.2) is 0 Å². The molecule has 0 unspecified atom stereocenters. The third kappa shape index (κ3) is 6.19. The van der Waals surface area contributed by atoms with Crippen LogP contribution in [0.1, 0.15) is 16.8 Å². The number of fused-ring (bicyclic) bond motifs is 1. The molecule has 8 heteroatoms. The molecule has 172 valence electrons. The van der Waals surface area contributed by atoms with Crippen LogP contribution in [0.15, 0.2) is 85.2 Å². The number of pyridine rings is 2. The van der Waals surface area contributed by atoms with Crippen molar-refractivity contribution < 1.29 is 22.7 Å². The van der Waals surface area contributed by atoms with E-state index in [0.717, 1.165) is 16.6 Å². The van der Waals surface area contributed by atoms with E-state index in [2.05, 4.69) is 9.97 Å². The number of carbonyl (C=O) groups excluding carboxylic acids is 1. The molecule has 0 spiro atoms. The van der Waals surface area contributed by atoms with Crippen molar-refractivity contribution >= 4 is 28.5 Å². The molecule has 4 aromatic rings. The lowest BCUT2D eigenvalue weighted by molar-refractivity contribution is -0.135. The fraction of sp³-hybridized carbons (Fsp3) is 0.115. The Hall–Kier alpha value is -4.20. The number of aromatic nitrogens is 2. The summed E-state index contributed by atoms with van der Waals surface area (Å²) in [6.45, 7) is -1.18. The molecule has 0 bridgehead atoms. The number of alkyl halides is 3. The Morgan fingerprint density at radius 2 is 1.76 bits per heavy atom. The Balaban J connectivity index is 1.50. The number of halogens is 3. The molecular formula is C26H20F3N3O2. The van der Waals surface area contributed by atoms with Crippen molar-refractivity contribution in [2.24, 2.45) is 0 Å². The smallest absolute Gasteiger partial charge is 0.405 e. The molecule has 0 saturated heterocycles. The molecule has 1 amide bonds. The van der Waals surface area contributed by atoms with Gasteiger partial charge in [-0.15, -0.1) is 0 Å². The van der Waals surface area contributed by atoms with Crippen LogP contribution in [0.2, 0.25) is 0 Å². The first kappa shape index (κ1) is 23.0. The van der Waals surface area contributed by atoms with Gasteiger partial charge in [0, 0.05) is 23.4 Å². The second-order valence-electron chi connectivity index (χ2n) is 7.45. The number of amides is 1. The maximum absolute atomic E-state index is 12.6. The van der Waals surface area contributed by atoms with Gasteiger partial charge in [-0.05, 0) is 47.5 Å². The molecule has 2 aromatic carbocycles. The summed E-state index contributed by atoms with van der Waals surface area (Å²) in [5.74, 6) is -0.301. The molecule has 2 heterocycles. The van der Waals surface area contributed by atoms with Crippen molar-refractivity contribution in [3.05, 3.63) is 102 Å². The molecule has 1 N–H and O–H groups in total. The summed E-state index contributed by atoms with van der Waals surface area (Å²) in [6, 6.07) is 21.6. The summed E-state index contributed by atoms with van der Waals surface area (Å²) in [5, 5.41) is 2.96. The van der Waals surface area contributed by atoms with Crippen LogP contribution in [0.25, 0.3) is 22.6 Å². The van der Waals surface area contributed by atoms with Crippen molar-refractivity contribution in [2.75, 3.05) is 6.54 Å². The molecular weight excluding hydrogens is 443 g/mol. The average Bonchev–Trinajstić information content (AvgIpc) is 2.85. The SMILES string of the molecule is O=C(NCC(F)(F)F)/C(=C/c1cccnc1)c1ccc(OCc2ccc3ccccc3n2)cc1. The summed E-state index contributed by atoms with van der Waals surface area (Å²) < 4.78 is 43.6. The first-order valence-corrected chi connectivity index (χ1v) is 10.4. The van der Waals surface area contributed by atoms with Crippen molar-refractivity contribution in [2.45, 2.75) is 12.8 Å². The molecule has 0 aliphatic carbocycles. The van der Waals surface area contributed by atoms with E-state index < -0.39 is 18.6 Å². The van der Waals surface area contributed by atoms with E-state index >= 15 is 0 Å². The summed E-state index contributed by atoms with van der Waals surface area (Å²) in [6.07, 6.45) is 0.0689. The quantitative estimate of drug-likeness (QED) is 0.372. The van der Waals surface area contributed by atoms with Crippen LogP contribution in [0.4, 0.5) is 13.2 Å². The van der Waals surface area contributed by atoms with E-state index in [1.54, 1.807) is 42.6 Å². The number of hydrogen-bond donors (Lipinski definition) is 1. The first-order valence-electron chi connectivity index (χ1n) is 10.4. The van der Waals surface area contributed by atoms with E-state index in [1.165, 1.54) is 12.3 Å². The van der Waals surface area contributed by atoms with E-state index in [4.69, 9.17) is 4.74 Å². The second kappa shape index (κ2) is 10.2. The monoisotopic (exact) mass is 463 g/mol. The number of ether oxygens (including phenoxy) is 1. The predicted octanol–water partition coefficient (Wildman–Crippen LogP) is 5.43. The molecule has 0 saturated carbocycles. The molecule has 34 heavy (non-hydrogen) atoms. The van der Waals surface area contributed by atoms with E-state index in [1.807, 2.05) is 41.7 Å². The highest BCUT2D eigenvalue weighted by Crippen LogP contribution is 2.23. The van der Waals surface area contributed by atoms with Crippen LogP contribution < -0.4 is 10.1 Å². The number of carbonyl (C=O) groups is 1. The topological polar surface area (TPSA) is 64.1 Å². The fourth-order valence-corrected chi connectivity index (χ4v) is 3.26. The van der Waals surface area contributed by atoms with Crippen LogP contribution in [0.3, 0.4) is 0 Å².